The van der Waals surface area contributed by atoms with Crippen molar-refractivity contribution in [3.8, 4) is 0 Å². The van der Waals surface area contributed by atoms with Crippen LogP contribution in [0, 0.1) is 46.3 Å². The summed E-state index contributed by atoms with van der Waals surface area (Å²) < 4.78 is 6.49. The normalized spacial score (nSPS) is 54.4. The molecule has 0 aromatic heterocycles. The van der Waals surface area contributed by atoms with Gasteiger partial charge in [0.1, 0.15) is 0 Å². The van der Waals surface area contributed by atoms with Crippen molar-refractivity contribution in [1.82, 2.24) is 0 Å². The minimum Gasteiger partial charge on any atom is -0.396 e. The third-order valence-corrected chi connectivity index (χ3v) is 10.9. The Morgan fingerprint density at radius 3 is 2.71 bits per heavy atom. The Bertz CT molecular complexity index is 735. The second-order valence-corrected chi connectivity index (χ2v) is 12.6. The van der Waals surface area contributed by atoms with Crippen molar-refractivity contribution in [1.29, 1.82) is 0 Å². The summed E-state index contributed by atoms with van der Waals surface area (Å²) in [5.74, 6) is 1.71. The predicted molar refractivity (Wildman–Crippen MR) is 121 cm³/mol. The number of aliphatic hydroxyl groups excluding tert-OH is 2. The zero-order chi connectivity index (χ0) is 22.2. The van der Waals surface area contributed by atoms with E-state index in [2.05, 4.69) is 33.8 Å². The third kappa shape index (κ3) is 3.22. The first-order valence-corrected chi connectivity index (χ1v) is 13.0. The second kappa shape index (κ2) is 7.55. The highest BCUT2D eigenvalue weighted by molar-refractivity contribution is 5.26. The summed E-state index contributed by atoms with van der Waals surface area (Å²) in [6, 6.07) is 0. The predicted octanol–water partition coefficient (Wildman–Crippen LogP) is 4.67. The topological polar surface area (TPSA) is 69.9 Å². The molecule has 3 N–H and O–H groups in total. The Labute approximate surface area is 188 Å². The van der Waals surface area contributed by atoms with Crippen LogP contribution in [-0.4, -0.2) is 39.9 Å². The van der Waals surface area contributed by atoms with Crippen molar-refractivity contribution in [2.45, 2.75) is 103 Å². The molecule has 4 heteroatoms. The summed E-state index contributed by atoms with van der Waals surface area (Å²) in [7, 11) is 0. The van der Waals surface area contributed by atoms with Crippen LogP contribution in [-0.2, 0) is 4.74 Å². The van der Waals surface area contributed by atoms with Crippen LogP contribution in [0.2, 0.25) is 0 Å². The average Bonchev–Trinajstić information content (AvgIpc) is 3.12. The van der Waals surface area contributed by atoms with Crippen molar-refractivity contribution < 1.29 is 20.1 Å². The van der Waals surface area contributed by atoms with Gasteiger partial charge >= 0.3 is 0 Å². The van der Waals surface area contributed by atoms with E-state index in [-0.39, 0.29) is 35.6 Å². The molecule has 11 atom stereocenters. The van der Waals surface area contributed by atoms with E-state index in [1.54, 1.807) is 0 Å². The third-order valence-electron chi connectivity index (χ3n) is 10.9. The van der Waals surface area contributed by atoms with Gasteiger partial charge in [-0.2, -0.15) is 0 Å². The van der Waals surface area contributed by atoms with Crippen LogP contribution in [0.25, 0.3) is 0 Å². The maximum Gasteiger partial charge on any atom is 0.169 e. The van der Waals surface area contributed by atoms with Gasteiger partial charge in [-0.05, 0) is 91.8 Å². The Morgan fingerprint density at radius 2 is 1.97 bits per heavy atom. The molecule has 3 saturated carbocycles. The smallest absolute Gasteiger partial charge is 0.169 e. The Kier molecular flexibility index (Phi) is 5.45. The molecule has 4 aliphatic carbocycles. The number of rotatable bonds is 4. The van der Waals surface area contributed by atoms with E-state index < -0.39 is 5.79 Å². The van der Waals surface area contributed by atoms with Gasteiger partial charge in [0.05, 0.1) is 12.2 Å². The molecule has 4 nitrogen and oxygen atoms in total. The van der Waals surface area contributed by atoms with Crippen molar-refractivity contribution in [3.05, 3.63) is 11.6 Å². The van der Waals surface area contributed by atoms with E-state index in [4.69, 9.17) is 4.74 Å². The van der Waals surface area contributed by atoms with Crippen LogP contribution < -0.4 is 0 Å². The SMILES string of the molecule is CC(CO)CCC1O[C@@]2(O)C[C@H]3[C@@H]4CC=C5CC(O)CC[C@]5(C)[C@H]4CC[C@]3(C)[C@H]2[C@@H]1C. The number of allylic oxidation sites excluding steroid dienone is 1. The minimum atomic E-state index is -0.978. The fourth-order valence-corrected chi connectivity index (χ4v) is 9.30. The summed E-state index contributed by atoms with van der Waals surface area (Å²) in [6.45, 7) is 9.54. The molecule has 31 heavy (non-hydrogen) atoms. The molecular formula is C27H44O4. The zero-order valence-electron chi connectivity index (χ0n) is 20.0. The summed E-state index contributed by atoms with van der Waals surface area (Å²) in [6.07, 6.45) is 11.5. The Morgan fingerprint density at radius 1 is 1.19 bits per heavy atom. The standard InChI is InChI=1S/C27H44O4/c1-16(15-28)5-8-23-17(2)24-26(4)12-10-21-20(22(26)14-27(24,30)31-23)7-6-18-13-19(29)9-11-25(18,21)3/h6,16-17,19-24,28-30H,5,7-15H2,1-4H3/t16?,17-,19?,20-,21+,22+,23?,24-,25+,26+,27+/m1/s1. The summed E-state index contributed by atoms with van der Waals surface area (Å²) in [5.41, 5.74) is 1.89. The monoisotopic (exact) mass is 432 g/mol. The van der Waals surface area contributed by atoms with Gasteiger partial charge < -0.3 is 20.1 Å². The Balaban J connectivity index is 1.39. The molecule has 5 rings (SSSR count). The van der Waals surface area contributed by atoms with Crippen LogP contribution in [0.3, 0.4) is 0 Å². The molecule has 1 aliphatic heterocycles. The van der Waals surface area contributed by atoms with Gasteiger partial charge in [-0.15, -0.1) is 0 Å². The van der Waals surface area contributed by atoms with Crippen LogP contribution in [0.4, 0.5) is 0 Å². The van der Waals surface area contributed by atoms with Gasteiger partial charge in [-0.3, -0.25) is 0 Å². The summed E-state index contributed by atoms with van der Waals surface area (Å²) in [5, 5.41) is 31.4. The summed E-state index contributed by atoms with van der Waals surface area (Å²) in [4.78, 5) is 0. The van der Waals surface area contributed by atoms with Gasteiger partial charge in [-0.25, -0.2) is 0 Å². The maximum atomic E-state index is 11.8. The number of hydrogen-bond acceptors (Lipinski definition) is 4. The quantitative estimate of drug-likeness (QED) is 0.565. The molecule has 176 valence electrons. The molecule has 5 aliphatic rings. The number of aliphatic hydroxyl groups is 3. The largest absolute Gasteiger partial charge is 0.396 e. The molecule has 1 heterocycles. The highest BCUT2D eigenvalue weighted by atomic mass is 16.6. The molecule has 4 fully saturated rings. The molecule has 0 radical (unpaired) electrons. The second-order valence-electron chi connectivity index (χ2n) is 12.6. The lowest BCUT2D eigenvalue weighted by molar-refractivity contribution is -0.208. The first-order chi connectivity index (χ1) is 14.6. The molecule has 0 amide bonds. The van der Waals surface area contributed by atoms with Crippen molar-refractivity contribution in [2.24, 2.45) is 46.3 Å². The van der Waals surface area contributed by atoms with E-state index >= 15 is 0 Å². The van der Waals surface area contributed by atoms with Crippen molar-refractivity contribution in [3.63, 3.8) is 0 Å². The van der Waals surface area contributed by atoms with E-state index in [9.17, 15) is 15.3 Å². The number of hydrogen-bond donors (Lipinski definition) is 3. The van der Waals surface area contributed by atoms with Gasteiger partial charge in [0.15, 0.2) is 5.79 Å². The summed E-state index contributed by atoms with van der Waals surface area (Å²) >= 11 is 0. The first kappa shape index (κ1) is 22.4. The molecule has 0 spiro atoms. The zero-order valence-corrected chi connectivity index (χ0v) is 20.0. The van der Waals surface area contributed by atoms with Gasteiger partial charge in [0.25, 0.3) is 0 Å². The van der Waals surface area contributed by atoms with Crippen molar-refractivity contribution in [2.75, 3.05) is 6.61 Å². The average molecular weight is 433 g/mol. The van der Waals surface area contributed by atoms with Crippen LogP contribution in [0.1, 0.15) is 85.5 Å². The van der Waals surface area contributed by atoms with Crippen molar-refractivity contribution >= 4 is 0 Å². The molecule has 0 aromatic rings. The number of ether oxygens (including phenoxy) is 1. The Hall–Kier alpha value is -0.420. The van der Waals surface area contributed by atoms with Gasteiger partial charge in [0.2, 0.25) is 0 Å². The van der Waals surface area contributed by atoms with Gasteiger partial charge in [0, 0.05) is 18.9 Å². The number of fused-ring (bicyclic) bond motifs is 7. The maximum absolute atomic E-state index is 11.8. The van der Waals surface area contributed by atoms with E-state index in [0.29, 0.717) is 29.6 Å². The van der Waals surface area contributed by atoms with Gasteiger partial charge in [-0.1, -0.05) is 39.3 Å². The lowest BCUT2D eigenvalue weighted by Crippen LogP contribution is -2.51. The first-order valence-electron chi connectivity index (χ1n) is 13.0. The van der Waals surface area contributed by atoms with Crippen LogP contribution >= 0.6 is 0 Å². The molecule has 0 aromatic carbocycles. The van der Waals surface area contributed by atoms with E-state index in [1.165, 1.54) is 18.4 Å². The fourth-order valence-electron chi connectivity index (χ4n) is 9.30. The van der Waals surface area contributed by atoms with Crippen LogP contribution in [0.5, 0.6) is 0 Å². The molecule has 1 saturated heterocycles. The highest BCUT2D eigenvalue weighted by Gasteiger charge is 2.70. The van der Waals surface area contributed by atoms with E-state index in [0.717, 1.165) is 44.9 Å². The molecule has 0 bridgehead atoms. The lowest BCUT2D eigenvalue weighted by atomic mass is 9.47. The highest BCUT2D eigenvalue weighted by Crippen LogP contribution is 2.71. The van der Waals surface area contributed by atoms with Crippen LogP contribution in [0.15, 0.2) is 11.6 Å². The van der Waals surface area contributed by atoms with E-state index in [1.807, 2.05) is 0 Å². The fraction of sp³-hybridized carbons (Fsp3) is 0.926. The lowest BCUT2D eigenvalue weighted by Gasteiger charge is -2.58. The molecular weight excluding hydrogens is 388 g/mol. The molecule has 3 unspecified atom stereocenters. The minimum absolute atomic E-state index is 0.106.